The van der Waals surface area contributed by atoms with E-state index in [0.717, 1.165) is 19.4 Å². The zero-order chi connectivity index (χ0) is 13.0. The zero-order valence-electron chi connectivity index (χ0n) is 10.6. The van der Waals surface area contributed by atoms with Gasteiger partial charge in [0, 0.05) is 25.9 Å². The summed E-state index contributed by atoms with van der Waals surface area (Å²) in [6.07, 6.45) is 3.83. The third-order valence-electron chi connectivity index (χ3n) is 3.16. The van der Waals surface area contributed by atoms with Crippen LogP contribution in [0.2, 0.25) is 0 Å². The number of rotatable bonds is 4. The molecule has 5 nitrogen and oxygen atoms in total. The molecule has 1 unspecified atom stereocenters. The van der Waals surface area contributed by atoms with E-state index in [1.54, 1.807) is 23.2 Å². The van der Waals surface area contributed by atoms with Crippen molar-refractivity contribution in [1.82, 2.24) is 9.88 Å². The Morgan fingerprint density at radius 1 is 1.67 bits per heavy atom. The van der Waals surface area contributed by atoms with Crippen molar-refractivity contribution in [1.29, 1.82) is 0 Å². The van der Waals surface area contributed by atoms with Crippen LogP contribution in [0.15, 0.2) is 18.3 Å². The number of hydrogen-bond acceptors (Lipinski definition) is 4. The number of anilines is 1. The van der Waals surface area contributed by atoms with Crippen molar-refractivity contribution in [3.63, 3.8) is 0 Å². The largest absolute Gasteiger partial charge is 0.397 e. The summed E-state index contributed by atoms with van der Waals surface area (Å²) in [5.74, 6) is -0.119. The predicted octanol–water partition coefficient (Wildman–Crippen LogP) is 1.30. The summed E-state index contributed by atoms with van der Waals surface area (Å²) in [7, 11) is 0. The Morgan fingerprint density at radius 3 is 3.11 bits per heavy atom. The SMILES string of the molecule is CCN(CC1CCCO1)C(=O)c1ncccc1N. The highest BCUT2D eigenvalue weighted by Crippen LogP contribution is 2.16. The molecule has 0 aromatic carbocycles. The lowest BCUT2D eigenvalue weighted by Gasteiger charge is -2.24. The van der Waals surface area contributed by atoms with Crippen molar-refractivity contribution in [2.45, 2.75) is 25.9 Å². The average molecular weight is 249 g/mol. The fourth-order valence-corrected chi connectivity index (χ4v) is 2.14. The molecule has 0 saturated carbocycles. The van der Waals surface area contributed by atoms with E-state index in [4.69, 9.17) is 10.5 Å². The summed E-state index contributed by atoms with van der Waals surface area (Å²) < 4.78 is 5.56. The zero-order valence-corrected chi connectivity index (χ0v) is 10.6. The number of hydrogen-bond donors (Lipinski definition) is 1. The Morgan fingerprint density at radius 2 is 2.50 bits per heavy atom. The summed E-state index contributed by atoms with van der Waals surface area (Å²) >= 11 is 0. The lowest BCUT2D eigenvalue weighted by Crippen LogP contribution is -2.37. The minimum absolute atomic E-state index is 0.119. The Kier molecular flexibility index (Phi) is 4.15. The maximum absolute atomic E-state index is 12.3. The van der Waals surface area contributed by atoms with E-state index in [1.807, 2.05) is 6.92 Å². The number of carbonyl (C=O) groups is 1. The van der Waals surface area contributed by atoms with Crippen molar-refractivity contribution >= 4 is 11.6 Å². The van der Waals surface area contributed by atoms with Gasteiger partial charge in [0.2, 0.25) is 0 Å². The Hall–Kier alpha value is -1.62. The fraction of sp³-hybridized carbons (Fsp3) is 0.538. The van der Waals surface area contributed by atoms with Crippen LogP contribution in [0, 0.1) is 0 Å². The summed E-state index contributed by atoms with van der Waals surface area (Å²) in [6.45, 7) is 3.99. The maximum atomic E-state index is 12.3. The lowest BCUT2D eigenvalue weighted by atomic mass is 10.2. The van der Waals surface area contributed by atoms with Crippen LogP contribution in [0.25, 0.3) is 0 Å². The first kappa shape index (κ1) is 12.8. The number of nitrogen functional groups attached to an aromatic ring is 1. The Balaban J connectivity index is 2.07. The van der Waals surface area contributed by atoms with Gasteiger partial charge in [-0.05, 0) is 31.9 Å². The molecule has 1 aliphatic rings. The third kappa shape index (κ3) is 2.79. The topological polar surface area (TPSA) is 68.5 Å². The standard InChI is InChI=1S/C13H19N3O2/c1-2-16(9-10-5-4-8-18-10)13(17)12-11(14)6-3-7-15-12/h3,6-7,10H,2,4-5,8-9,14H2,1H3. The number of carbonyl (C=O) groups excluding carboxylic acids is 1. The molecule has 98 valence electrons. The van der Waals surface area contributed by atoms with Gasteiger partial charge in [0.15, 0.2) is 5.69 Å². The van der Waals surface area contributed by atoms with Gasteiger partial charge >= 0.3 is 0 Å². The summed E-state index contributed by atoms with van der Waals surface area (Å²) in [6, 6.07) is 3.42. The molecule has 0 bridgehead atoms. The van der Waals surface area contributed by atoms with Crippen molar-refractivity contribution in [2.24, 2.45) is 0 Å². The average Bonchev–Trinajstić information content (AvgIpc) is 2.88. The molecule has 0 spiro atoms. The van der Waals surface area contributed by atoms with Gasteiger partial charge < -0.3 is 15.4 Å². The van der Waals surface area contributed by atoms with Gasteiger partial charge in [0.1, 0.15) is 0 Å². The molecule has 2 rings (SSSR count). The predicted molar refractivity (Wildman–Crippen MR) is 69.2 cm³/mol. The number of ether oxygens (including phenoxy) is 1. The van der Waals surface area contributed by atoms with E-state index >= 15 is 0 Å². The van der Waals surface area contributed by atoms with Gasteiger partial charge in [0.25, 0.3) is 5.91 Å². The van der Waals surface area contributed by atoms with Crippen molar-refractivity contribution < 1.29 is 9.53 Å². The van der Waals surface area contributed by atoms with Gasteiger partial charge in [-0.1, -0.05) is 0 Å². The highest BCUT2D eigenvalue weighted by atomic mass is 16.5. The summed E-state index contributed by atoms with van der Waals surface area (Å²) in [4.78, 5) is 18.1. The minimum Gasteiger partial charge on any atom is -0.397 e. The molecule has 1 aliphatic heterocycles. The first-order valence-electron chi connectivity index (χ1n) is 6.33. The molecule has 0 radical (unpaired) electrons. The third-order valence-corrected chi connectivity index (χ3v) is 3.16. The molecule has 1 amide bonds. The van der Waals surface area contributed by atoms with Crippen LogP contribution in [0.1, 0.15) is 30.3 Å². The normalized spacial score (nSPS) is 18.8. The Labute approximate surface area is 107 Å². The van der Waals surface area contributed by atoms with E-state index in [9.17, 15) is 4.79 Å². The van der Waals surface area contributed by atoms with Gasteiger partial charge in [-0.3, -0.25) is 4.79 Å². The second-order valence-corrected chi connectivity index (χ2v) is 4.42. The summed E-state index contributed by atoms with van der Waals surface area (Å²) in [5, 5.41) is 0. The second-order valence-electron chi connectivity index (χ2n) is 4.42. The quantitative estimate of drug-likeness (QED) is 0.873. The molecular formula is C13H19N3O2. The minimum atomic E-state index is -0.119. The molecular weight excluding hydrogens is 230 g/mol. The van der Waals surface area contributed by atoms with Gasteiger partial charge in [0.05, 0.1) is 11.8 Å². The van der Waals surface area contributed by atoms with Crippen LogP contribution in [0.4, 0.5) is 5.69 Å². The van der Waals surface area contributed by atoms with Crippen molar-refractivity contribution in [3.05, 3.63) is 24.0 Å². The second kappa shape index (κ2) is 5.82. The van der Waals surface area contributed by atoms with Crippen LogP contribution in [0.5, 0.6) is 0 Å². The molecule has 1 aromatic heterocycles. The van der Waals surface area contributed by atoms with E-state index < -0.39 is 0 Å². The molecule has 1 saturated heterocycles. The van der Waals surface area contributed by atoms with Crippen LogP contribution < -0.4 is 5.73 Å². The maximum Gasteiger partial charge on any atom is 0.274 e. The molecule has 1 fully saturated rings. The molecule has 1 aromatic rings. The highest BCUT2D eigenvalue weighted by Gasteiger charge is 2.23. The van der Waals surface area contributed by atoms with E-state index in [2.05, 4.69) is 4.98 Å². The smallest absolute Gasteiger partial charge is 0.274 e. The number of likely N-dealkylation sites (N-methyl/N-ethyl adjacent to an activating group) is 1. The van der Waals surface area contributed by atoms with Crippen LogP contribution in [-0.4, -0.2) is 41.6 Å². The molecule has 18 heavy (non-hydrogen) atoms. The Bertz CT molecular complexity index is 416. The highest BCUT2D eigenvalue weighted by molar-refractivity contribution is 5.97. The molecule has 5 heteroatoms. The summed E-state index contributed by atoms with van der Waals surface area (Å²) in [5.41, 5.74) is 6.54. The van der Waals surface area contributed by atoms with E-state index in [1.165, 1.54) is 0 Å². The first-order valence-corrected chi connectivity index (χ1v) is 6.33. The number of nitrogens with two attached hydrogens (primary N) is 1. The van der Waals surface area contributed by atoms with Gasteiger partial charge in [-0.15, -0.1) is 0 Å². The van der Waals surface area contributed by atoms with Crippen LogP contribution in [0.3, 0.4) is 0 Å². The van der Waals surface area contributed by atoms with Gasteiger partial charge in [-0.2, -0.15) is 0 Å². The molecule has 1 atom stereocenters. The van der Waals surface area contributed by atoms with Gasteiger partial charge in [-0.25, -0.2) is 4.98 Å². The number of nitrogens with zero attached hydrogens (tertiary/aromatic N) is 2. The molecule has 2 heterocycles. The van der Waals surface area contributed by atoms with E-state index in [-0.39, 0.29) is 12.0 Å². The van der Waals surface area contributed by atoms with E-state index in [0.29, 0.717) is 24.5 Å². The molecule has 0 aliphatic carbocycles. The first-order chi connectivity index (χ1) is 8.72. The fourth-order valence-electron chi connectivity index (χ4n) is 2.14. The molecule has 2 N–H and O–H groups in total. The lowest BCUT2D eigenvalue weighted by molar-refractivity contribution is 0.0535. The van der Waals surface area contributed by atoms with Crippen molar-refractivity contribution in [2.75, 3.05) is 25.4 Å². The number of amides is 1. The van der Waals surface area contributed by atoms with Crippen molar-refractivity contribution in [3.8, 4) is 0 Å². The number of aromatic nitrogens is 1. The van der Waals surface area contributed by atoms with Crippen LogP contribution in [-0.2, 0) is 4.74 Å². The monoisotopic (exact) mass is 249 g/mol. The van der Waals surface area contributed by atoms with Crippen LogP contribution >= 0.6 is 0 Å². The number of pyridine rings is 1.